The maximum Gasteiger partial charge on any atom is 0.306 e. The highest BCUT2D eigenvalue weighted by molar-refractivity contribution is 5.72. The van der Waals surface area contributed by atoms with Gasteiger partial charge in [0.15, 0.2) is 0 Å². The number of hydrogen-bond acceptors (Lipinski definition) is 2. The number of methoxy groups -OCH3 is 1. The number of benzene rings is 1. The van der Waals surface area contributed by atoms with Crippen LogP contribution in [0.1, 0.15) is 44.2 Å². The van der Waals surface area contributed by atoms with E-state index in [1.54, 1.807) is 0 Å². The SMILES string of the molecule is CC.COC(=O)CC1(c2ccc(C)cc2)CC1. The molecule has 0 bridgehead atoms. The fraction of sp³-hybridized carbons (Fsp3) is 0.533. The second kappa shape index (κ2) is 5.85. The molecule has 0 aromatic heterocycles. The van der Waals surface area contributed by atoms with Gasteiger partial charge in [0.05, 0.1) is 13.5 Å². The third-order valence-electron chi connectivity index (χ3n) is 3.23. The Bertz CT molecular complexity index is 361. The van der Waals surface area contributed by atoms with Crippen LogP contribution in [0.25, 0.3) is 0 Å². The Kier molecular flexibility index (Phi) is 4.73. The lowest BCUT2D eigenvalue weighted by Gasteiger charge is -2.14. The summed E-state index contributed by atoms with van der Waals surface area (Å²) in [4.78, 5) is 11.3. The van der Waals surface area contributed by atoms with Gasteiger partial charge in [-0.05, 0) is 25.3 Å². The highest BCUT2D eigenvalue weighted by Gasteiger charge is 2.46. The van der Waals surface area contributed by atoms with Crippen LogP contribution in [0.3, 0.4) is 0 Å². The predicted molar refractivity (Wildman–Crippen MR) is 70.1 cm³/mol. The van der Waals surface area contributed by atoms with Gasteiger partial charge in [-0.25, -0.2) is 0 Å². The first-order valence-electron chi connectivity index (χ1n) is 6.30. The van der Waals surface area contributed by atoms with Crippen molar-refractivity contribution in [2.75, 3.05) is 7.11 Å². The van der Waals surface area contributed by atoms with Crippen LogP contribution >= 0.6 is 0 Å². The van der Waals surface area contributed by atoms with Gasteiger partial charge >= 0.3 is 5.97 Å². The van der Waals surface area contributed by atoms with Crippen molar-refractivity contribution in [2.45, 2.75) is 45.4 Å². The maximum atomic E-state index is 11.3. The van der Waals surface area contributed by atoms with Crippen molar-refractivity contribution in [1.82, 2.24) is 0 Å². The third kappa shape index (κ3) is 3.32. The molecule has 0 saturated heterocycles. The molecule has 0 aliphatic heterocycles. The monoisotopic (exact) mass is 234 g/mol. The Labute approximate surface area is 104 Å². The van der Waals surface area contributed by atoms with Crippen LogP contribution in [0, 0.1) is 6.92 Å². The van der Waals surface area contributed by atoms with E-state index in [1.807, 2.05) is 13.8 Å². The summed E-state index contributed by atoms with van der Waals surface area (Å²) >= 11 is 0. The normalized spacial score (nSPS) is 15.5. The zero-order valence-corrected chi connectivity index (χ0v) is 11.2. The molecule has 1 aliphatic rings. The fourth-order valence-corrected chi connectivity index (χ4v) is 1.97. The number of carbonyl (C=O) groups is 1. The minimum atomic E-state index is -0.104. The summed E-state index contributed by atoms with van der Waals surface area (Å²) in [6, 6.07) is 8.47. The molecule has 1 fully saturated rings. The molecule has 0 atom stereocenters. The van der Waals surface area contributed by atoms with Crippen molar-refractivity contribution in [3.8, 4) is 0 Å². The minimum absolute atomic E-state index is 0.0841. The Morgan fingerprint density at radius 2 is 1.76 bits per heavy atom. The quantitative estimate of drug-likeness (QED) is 0.747. The van der Waals surface area contributed by atoms with Gasteiger partial charge in [-0.1, -0.05) is 43.7 Å². The lowest BCUT2D eigenvalue weighted by molar-refractivity contribution is -0.141. The summed E-state index contributed by atoms with van der Waals surface area (Å²) in [7, 11) is 1.45. The van der Waals surface area contributed by atoms with Crippen molar-refractivity contribution in [3.63, 3.8) is 0 Å². The van der Waals surface area contributed by atoms with Gasteiger partial charge in [0, 0.05) is 5.41 Å². The second-order valence-electron chi connectivity index (χ2n) is 4.40. The van der Waals surface area contributed by atoms with Crippen LogP contribution in [-0.2, 0) is 14.9 Å². The molecular weight excluding hydrogens is 212 g/mol. The summed E-state index contributed by atoms with van der Waals surface area (Å²) in [5, 5.41) is 0. The Balaban J connectivity index is 0.000000686. The van der Waals surface area contributed by atoms with Gasteiger partial charge in [0.2, 0.25) is 0 Å². The Morgan fingerprint density at radius 1 is 1.24 bits per heavy atom. The Hall–Kier alpha value is -1.31. The van der Waals surface area contributed by atoms with Crippen LogP contribution in [0.5, 0.6) is 0 Å². The van der Waals surface area contributed by atoms with E-state index in [-0.39, 0.29) is 11.4 Å². The maximum absolute atomic E-state index is 11.3. The summed E-state index contributed by atoms with van der Waals surface area (Å²) in [6.45, 7) is 6.07. The summed E-state index contributed by atoms with van der Waals surface area (Å²) in [6.07, 6.45) is 2.73. The molecule has 1 saturated carbocycles. The highest BCUT2D eigenvalue weighted by atomic mass is 16.5. The van der Waals surface area contributed by atoms with E-state index in [9.17, 15) is 4.79 Å². The van der Waals surface area contributed by atoms with Crippen LogP contribution in [0.15, 0.2) is 24.3 Å². The summed E-state index contributed by atoms with van der Waals surface area (Å²) in [5.41, 5.74) is 2.62. The smallest absolute Gasteiger partial charge is 0.306 e. The van der Waals surface area contributed by atoms with Crippen molar-refractivity contribution in [3.05, 3.63) is 35.4 Å². The van der Waals surface area contributed by atoms with E-state index < -0.39 is 0 Å². The van der Waals surface area contributed by atoms with Crippen LogP contribution in [-0.4, -0.2) is 13.1 Å². The van der Waals surface area contributed by atoms with Crippen molar-refractivity contribution >= 4 is 5.97 Å². The molecule has 0 spiro atoms. The molecule has 0 N–H and O–H groups in total. The van der Waals surface area contributed by atoms with Gasteiger partial charge in [-0.2, -0.15) is 0 Å². The minimum Gasteiger partial charge on any atom is -0.469 e. The summed E-state index contributed by atoms with van der Waals surface area (Å²) < 4.78 is 4.73. The van der Waals surface area contributed by atoms with Gasteiger partial charge in [0.1, 0.15) is 0 Å². The van der Waals surface area contributed by atoms with Crippen LogP contribution < -0.4 is 0 Å². The number of hydrogen-bond donors (Lipinski definition) is 0. The highest BCUT2D eigenvalue weighted by Crippen LogP contribution is 2.51. The number of aryl methyl sites for hydroxylation is 1. The standard InChI is InChI=1S/C13H16O2.C2H6/c1-10-3-5-11(6-4-10)13(7-8-13)9-12(14)15-2;1-2/h3-6H,7-9H2,1-2H3;1-2H3. The van der Waals surface area contributed by atoms with E-state index in [1.165, 1.54) is 18.2 Å². The Morgan fingerprint density at radius 3 is 2.18 bits per heavy atom. The third-order valence-corrected chi connectivity index (χ3v) is 3.23. The first-order valence-corrected chi connectivity index (χ1v) is 6.30. The first-order chi connectivity index (χ1) is 8.16. The van der Waals surface area contributed by atoms with Crippen molar-refractivity contribution in [2.24, 2.45) is 0 Å². The first kappa shape index (κ1) is 13.8. The van der Waals surface area contributed by atoms with Gasteiger partial charge < -0.3 is 4.74 Å². The molecule has 2 nitrogen and oxygen atoms in total. The fourth-order valence-electron chi connectivity index (χ4n) is 1.97. The van der Waals surface area contributed by atoms with E-state index >= 15 is 0 Å². The van der Waals surface area contributed by atoms with E-state index in [0.717, 1.165) is 12.8 Å². The topological polar surface area (TPSA) is 26.3 Å². The van der Waals surface area contributed by atoms with Gasteiger partial charge in [0.25, 0.3) is 0 Å². The average Bonchev–Trinajstić information content (AvgIpc) is 3.13. The lowest BCUT2D eigenvalue weighted by Crippen LogP contribution is -2.14. The molecule has 0 radical (unpaired) electrons. The number of carbonyl (C=O) groups excluding carboxylic acids is 1. The molecule has 1 aliphatic carbocycles. The molecule has 0 heterocycles. The molecule has 1 aromatic rings. The number of rotatable bonds is 3. The van der Waals surface area contributed by atoms with Crippen molar-refractivity contribution < 1.29 is 9.53 Å². The molecular formula is C15H22O2. The predicted octanol–water partition coefficient (Wildman–Crippen LogP) is 3.62. The van der Waals surface area contributed by atoms with E-state index in [0.29, 0.717) is 6.42 Å². The van der Waals surface area contributed by atoms with E-state index in [2.05, 4.69) is 31.2 Å². The van der Waals surface area contributed by atoms with E-state index in [4.69, 9.17) is 4.74 Å². The molecule has 17 heavy (non-hydrogen) atoms. The van der Waals surface area contributed by atoms with Crippen molar-refractivity contribution in [1.29, 1.82) is 0 Å². The van der Waals surface area contributed by atoms with Crippen LogP contribution in [0.2, 0.25) is 0 Å². The molecule has 94 valence electrons. The zero-order chi connectivity index (χ0) is 12.9. The lowest BCUT2D eigenvalue weighted by atomic mass is 9.92. The molecule has 0 amide bonds. The van der Waals surface area contributed by atoms with Gasteiger partial charge in [-0.15, -0.1) is 0 Å². The average molecular weight is 234 g/mol. The molecule has 2 rings (SSSR count). The largest absolute Gasteiger partial charge is 0.469 e. The summed E-state index contributed by atoms with van der Waals surface area (Å²) in [5.74, 6) is -0.104. The number of esters is 1. The van der Waals surface area contributed by atoms with Crippen LogP contribution in [0.4, 0.5) is 0 Å². The molecule has 2 heteroatoms. The zero-order valence-electron chi connectivity index (χ0n) is 11.2. The molecule has 1 aromatic carbocycles. The second-order valence-corrected chi connectivity index (χ2v) is 4.40. The van der Waals surface area contributed by atoms with Gasteiger partial charge in [-0.3, -0.25) is 4.79 Å². The molecule has 0 unspecified atom stereocenters. The number of ether oxygens (including phenoxy) is 1.